The van der Waals surface area contributed by atoms with Crippen LogP contribution in [0, 0.1) is 13.8 Å². The van der Waals surface area contributed by atoms with E-state index in [1.165, 1.54) is 27.7 Å². The Bertz CT molecular complexity index is 1020. The number of fused-ring (bicyclic) bond motifs is 1. The third-order valence-electron chi connectivity index (χ3n) is 4.09. The number of hydrogen-bond acceptors (Lipinski definition) is 6. The third kappa shape index (κ3) is 3.34. The number of thiophene rings is 1. The van der Waals surface area contributed by atoms with E-state index < -0.39 is 0 Å². The van der Waals surface area contributed by atoms with E-state index in [9.17, 15) is 9.59 Å². The zero-order valence-electron chi connectivity index (χ0n) is 14.5. The second kappa shape index (κ2) is 7.01. The predicted octanol–water partition coefficient (Wildman–Crippen LogP) is 3.60. The number of nitrogens with zero attached hydrogens (tertiary/aromatic N) is 2. The van der Waals surface area contributed by atoms with E-state index in [4.69, 9.17) is 4.74 Å². The molecule has 0 unspecified atom stereocenters. The van der Waals surface area contributed by atoms with Crippen molar-refractivity contribution in [2.75, 3.05) is 12.9 Å². The Labute approximate surface area is 153 Å². The van der Waals surface area contributed by atoms with Gasteiger partial charge in [-0.3, -0.25) is 14.2 Å². The molecule has 3 aromatic rings. The van der Waals surface area contributed by atoms with Gasteiger partial charge in [-0.1, -0.05) is 23.9 Å². The van der Waals surface area contributed by atoms with Crippen LogP contribution in [0.2, 0.25) is 0 Å². The van der Waals surface area contributed by atoms with Crippen molar-refractivity contribution >= 4 is 39.1 Å². The number of methoxy groups -OCH3 is 1. The molecule has 7 heteroatoms. The summed E-state index contributed by atoms with van der Waals surface area (Å²) >= 11 is 2.79. The Hall–Kier alpha value is -2.12. The van der Waals surface area contributed by atoms with Crippen molar-refractivity contribution in [3.05, 3.63) is 50.6 Å². The molecule has 0 bridgehead atoms. The van der Waals surface area contributed by atoms with Crippen LogP contribution >= 0.6 is 23.1 Å². The summed E-state index contributed by atoms with van der Waals surface area (Å²) < 4.78 is 6.67. The number of carbonyl (C=O) groups is 1. The van der Waals surface area contributed by atoms with Crippen LogP contribution in [0.15, 0.2) is 34.2 Å². The topological polar surface area (TPSA) is 61.2 Å². The maximum atomic E-state index is 12.6. The molecule has 5 nitrogen and oxygen atoms in total. The second-order valence-corrected chi connectivity index (χ2v) is 7.81. The number of aromatic nitrogens is 2. The summed E-state index contributed by atoms with van der Waals surface area (Å²) in [6.07, 6.45) is 0. The number of Topliss-reactive ketones (excluding diaryl/α,β-unsaturated/α-hetero) is 1. The molecule has 0 aliphatic rings. The molecule has 2 heterocycles. The van der Waals surface area contributed by atoms with Crippen LogP contribution in [-0.2, 0) is 7.05 Å². The maximum absolute atomic E-state index is 12.6. The number of aryl methyl sites for hydroxylation is 2. The van der Waals surface area contributed by atoms with E-state index in [1.54, 1.807) is 38.4 Å². The lowest BCUT2D eigenvalue weighted by Gasteiger charge is -2.07. The molecule has 0 radical (unpaired) electrons. The van der Waals surface area contributed by atoms with Gasteiger partial charge >= 0.3 is 0 Å². The fourth-order valence-electron chi connectivity index (χ4n) is 2.50. The van der Waals surface area contributed by atoms with Gasteiger partial charge in [0.2, 0.25) is 0 Å². The summed E-state index contributed by atoms with van der Waals surface area (Å²) in [7, 11) is 3.26. The molecular weight excluding hydrogens is 356 g/mol. The number of rotatable bonds is 5. The molecule has 0 spiro atoms. The van der Waals surface area contributed by atoms with Gasteiger partial charge in [0.15, 0.2) is 10.9 Å². The van der Waals surface area contributed by atoms with Gasteiger partial charge in [-0.25, -0.2) is 4.98 Å². The summed E-state index contributed by atoms with van der Waals surface area (Å²) in [5.74, 6) is 0.826. The van der Waals surface area contributed by atoms with E-state index in [1.807, 2.05) is 13.8 Å². The standard InChI is InChI=1S/C18H18N2O3S2/c1-10-11(2)25-16-15(10)17(22)20(3)18(19-16)24-9-14(21)12-6-5-7-13(8-12)23-4/h5-8H,9H2,1-4H3. The van der Waals surface area contributed by atoms with E-state index in [0.717, 1.165) is 15.3 Å². The Kier molecular flexibility index (Phi) is 4.96. The first-order chi connectivity index (χ1) is 11.9. The Morgan fingerprint density at radius 3 is 2.84 bits per heavy atom. The summed E-state index contributed by atoms with van der Waals surface area (Å²) in [4.78, 5) is 31.4. The molecule has 2 aromatic heterocycles. The van der Waals surface area contributed by atoms with Gasteiger partial charge in [0.05, 0.1) is 18.2 Å². The van der Waals surface area contributed by atoms with Crippen molar-refractivity contribution in [1.82, 2.24) is 9.55 Å². The third-order valence-corrected chi connectivity index (χ3v) is 6.22. The first-order valence-electron chi connectivity index (χ1n) is 7.69. The molecule has 130 valence electrons. The molecule has 0 aliphatic carbocycles. The van der Waals surface area contributed by atoms with Crippen molar-refractivity contribution in [3.63, 3.8) is 0 Å². The van der Waals surface area contributed by atoms with Crippen LogP contribution in [0.1, 0.15) is 20.8 Å². The van der Waals surface area contributed by atoms with E-state index in [-0.39, 0.29) is 17.1 Å². The molecule has 0 atom stereocenters. The zero-order chi connectivity index (χ0) is 18.1. The van der Waals surface area contributed by atoms with Crippen molar-refractivity contribution in [1.29, 1.82) is 0 Å². The van der Waals surface area contributed by atoms with E-state index in [0.29, 0.717) is 21.9 Å². The highest BCUT2D eigenvalue weighted by Crippen LogP contribution is 2.28. The van der Waals surface area contributed by atoms with Crippen LogP contribution in [0.4, 0.5) is 0 Å². The Balaban J connectivity index is 1.87. The average Bonchev–Trinajstić information content (AvgIpc) is 2.90. The SMILES string of the molecule is COc1cccc(C(=O)CSc2nc3sc(C)c(C)c3c(=O)n2C)c1. The fraction of sp³-hybridized carbons (Fsp3) is 0.278. The zero-order valence-corrected chi connectivity index (χ0v) is 16.1. The lowest BCUT2D eigenvalue weighted by Crippen LogP contribution is -2.20. The molecule has 25 heavy (non-hydrogen) atoms. The highest BCUT2D eigenvalue weighted by molar-refractivity contribution is 7.99. The lowest BCUT2D eigenvalue weighted by atomic mass is 10.1. The van der Waals surface area contributed by atoms with Crippen molar-refractivity contribution < 1.29 is 9.53 Å². The summed E-state index contributed by atoms with van der Waals surface area (Å²) in [6.45, 7) is 3.93. The monoisotopic (exact) mass is 374 g/mol. The van der Waals surface area contributed by atoms with Gasteiger partial charge in [0.1, 0.15) is 10.6 Å². The summed E-state index contributed by atoms with van der Waals surface area (Å²) in [5.41, 5.74) is 1.50. The smallest absolute Gasteiger partial charge is 0.262 e. The number of ether oxygens (including phenoxy) is 1. The largest absolute Gasteiger partial charge is 0.497 e. The van der Waals surface area contributed by atoms with Crippen LogP contribution in [0.5, 0.6) is 5.75 Å². The van der Waals surface area contributed by atoms with E-state index >= 15 is 0 Å². The van der Waals surface area contributed by atoms with Gasteiger partial charge in [-0.2, -0.15) is 0 Å². The minimum Gasteiger partial charge on any atom is -0.497 e. The molecule has 0 amide bonds. The Morgan fingerprint density at radius 2 is 2.12 bits per heavy atom. The molecule has 0 aliphatic heterocycles. The first kappa shape index (κ1) is 17.7. The lowest BCUT2D eigenvalue weighted by molar-refractivity contribution is 0.102. The first-order valence-corrected chi connectivity index (χ1v) is 9.49. The average molecular weight is 374 g/mol. The molecule has 0 fully saturated rings. The van der Waals surface area contributed by atoms with Crippen molar-refractivity contribution in [3.8, 4) is 5.75 Å². The molecule has 0 N–H and O–H groups in total. The number of benzene rings is 1. The minimum atomic E-state index is -0.0665. The molecule has 3 rings (SSSR count). The van der Waals surface area contributed by atoms with Crippen LogP contribution in [-0.4, -0.2) is 28.2 Å². The highest BCUT2D eigenvalue weighted by atomic mass is 32.2. The molecule has 0 saturated carbocycles. The Morgan fingerprint density at radius 1 is 1.36 bits per heavy atom. The van der Waals surface area contributed by atoms with Gasteiger partial charge in [-0.05, 0) is 31.5 Å². The predicted molar refractivity (Wildman–Crippen MR) is 102 cm³/mol. The normalized spacial score (nSPS) is 11.0. The van der Waals surface area contributed by atoms with Crippen molar-refractivity contribution in [2.24, 2.45) is 7.05 Å². The van der Waals surface area contributed by atoms with Crippen LogP contribution in [0.25, 0.3) is 10.2 Å². The van der Waals surface area contributed by atoms with Crippen molar-refractivity contribution in [2.45, 2.75) is 19.0 Å². The highest BCUT2D eigenvalue weighted by Gasteiger charge is 2.16. The quantitative estimate of drug-likeness (QED) is 0.388. The number of ketones is 1. The van der Waals surface area contributed by atoms with Gasteiger partial charge in [-0.15, -0.1) is 11.3 Å². The molecule has 0 saturated heterocycles. The second-order valence-electron chi connectivity index (χ2n) is 5.67. The van der Waals surface area contributed by atoms with Crippen LogP contribution in [0.3, 0.4) is 0 Å². The van der Waals surface area contributed by atoms with Gasteiger partial charge in [0, 0.05) is 17.5 Å². The van der Waals surface area contributed by atoms with Gasteiger partial charge in [0.25, 0.3) is 5.56 Å². The summed E-state index contributed by atoms with van der Waals surface area (Å²) in [6, 6.07) is 7.05. The van der Waals surface area contributed by atoms with Crippen LogP contribution < -0.4 is 10.3 Å². The maximum Gasteiger partial charge on any atom is 0.262 e. The minimum absolute atomic E-state index is 0.0308. The number of thioether (sulfide) groups is 1. The number of hydrogen-bond donors (Lipinski definition) is 0. The van der Waals surface area contributed by atoms with E-state index in [2.05, 4.69) is 4.98 Å². The molecule has 1 aromatic carbocycles. The fourth-order valence-corrected chi connectivity index (χ4v) is 4.43. The summed E-state index contributed by atoms with van der Waals surface area (Å²) in [5, 5.41) is 1.23. The number of carbonyl (C=O) groups excluding carboxylic acids is 1. The van der Waals surface area contributed by atoms with Gasteiger partial charge < -0.3 is 4.74 Å². The molecular formula is C18H18N2O3S2.